The van der Waals surface area contributed by atoms with Gasteiger partial charge in [0.2, 0.25) is 0 Å². The summed E-state index contributed by atoms with van der Waals surface area (Å²) < 4.78 is 0. The summed E-state index contributed by atoms with van der Waals surface area (Å²) in [7, 11) is 0. The van der Waals surface area contributed by atoms with Crippen LogP contribution >= 0.6 is 11.8 Å². The van der Waals surface area contributed by atoms with Gasteiger partial charge in [0.05, 0.1) is 5.55 Å². The number of nitrogens with zero attached hydrogens (tertiary/aromatic N) is 1. The van der Waals surface area contributed by atoms with Crippen LogP contribution in [0.15, 0.2) is 28.8 Å². The molecule has 1 nitrogen and oxygen atoms in total. The molecule has 2 heteroatoms. The molecule has 1 unspecified atom stereocenters. The third-order valence-corrected chi connectivity index (χ3v) is 2.49. The minimum Gasteiger partial charge on any atom is -0.258 e. The van der Waals surface area contributed by atoms with Gasteiger partial charge in [-0.3, -0.25) is 4.99 Å². The van der Waals surface area contributed by atoms with E-state index in [0.29, 0.717) is 0 Å². The van der Waals surface area contributed by atoms with Crippen LogP contribution in [-0.4, -0.2) is 5.55 Å². The van der Waals surface area contributed by atoms with E-state index in [-0.39, 0.29) is 5.41 Å². The van der Waals surface area contributed by atoms with E-state index in [1.54, 1.807) is 11.8 Å². The molecule has 1 heterocycles. The fourth-order valence-corrected chi connectivity index (χ4v) is 1.40. The molecule has 1 aliphatic rings. The Kier molecular flexibility index (Phi) is 2.94. The molecule has 0 N–H and O–H groups in total. The molecule has 0 radical (unpaired) electrons. The molecule has 0 bridgehead atoms. The second-order valence-electron chi connectivity index (χ2n) is 2.87. The van der Waals surface area contributed by atoms with Gasteiger partial charge in [0.1, 0.15) is 0 Å². The van der Waals surface area contributed by atoms with Crippen LogP contribution in [0.2, 0.25) is 0 Å². The Labute approximate surface area is 72.3 Å². The van der Waals surface area contributed by atoms with Gasteiger partial charge in [-0.1, -0.05) is 37.8 Å². The van der Waals surface area contributed by atoms with Crippen LogP contribution in [0.1, 0.15) is 20.3 Å². The molecule has 0 saturated carbocycles. The van der Waals surface area contributed by atoms with E-state index in [4.69, 9.17) is 0 Å². The third-order valence-electron chi connectivity index (χ3n) is 1.95. The van der Waals surface area contributed by atoms with Crippen molar-refractivity contribution >= 4 is 17.3 Å². The molecule has 0 aromatic rings. The lowest BCUT2D eigenvalue weighted by atomic mass is 9.88. The van der Waals surface area contributed by atoms with E-state index in [1.807, 2.05) is 11.7 Å². The summed E-state index contributed by atoms with van der Waals surface area (Å²) in [5.74, 6) is 0. The maximum absolute atomic E-state index is 4.08. The van der Waals surface area contributed by atoms with Crippen LogP contribution in [0.25, 0.3) is 0 Å². The zero-order valence-electron chi connectivity index (χ0n) is 6.95. The third kappa shape index (κ3) is 2.54. The first-order chi connectivity index (χ1) is 5.27. The minimum absolute atomic E-state index is 0.199. The number of rotatable bonds is 1. The average Bonchev–Trinajstić information content (AvgIpc) is 1.98. The molecule has 0 aliphatic carbocycles. The highest BCUT2D eigenvalue weighted by atomic mass is 32.2. The van der Waals surface area contributed by atoms with Gasteiger partial charge in [0.25, 0.3) is 0 Å². The van der Waals surface area contributed by atoms with Crippen molar-refractivity contribution < 1.29 is 0 Å². The van der Waals surface area contributed by atoms with Crippen molar-refractivity contribution in [1.29, 1.82) is 0 Å². The van der Waals surface area contributed by atoms with Gasteiger partial charge in [0, 0.05) is 11.6 Å². The Hall–Kier alpha value is -0.500. The summed E-state index contributed by atoms with van der Waals surface area (Å²) in [6.45, 7) is 4.39. The minimum atomic E-state index is 0.199. The number of allylic oxidation sites excluding steroid dienone is 2. The Morgan fingerprint density at radius 1 is 1.45 bits per heavy atom. The van der Waals surface area contributed by atoms with Gasteiger partial charge in [-0.2, -0.15) is 0 Å². The number of hydrogen-bond acceptors (Lipinski definition) is 2. The standard InChI is InChI=1S/C9H13NS/c1-3-9(2)4-6-10-8-11-7-5-9/h4-8H,3H2,1-2H3/b6-4-,7-5-,10-8?. The SMILES string of the molecule is CCC1(C)/C=C\N=CS/C=C\1. The van der Waals surface area contributed by atoms with Crippen molar-refractivity contribution in [2.75, 3.05) is 0 Å². The lowest BCUT2D eigenvalue weighted by Crippen LogP contribution is -2.07. The Morgan fingerprint density at radius 3 is 3.00 bits per heavy atom. The summed E-state index contributed by atoms with van der Waals surface area (Å²) in [5, 5.41) is 2.09. The molecule has 1 rings (SSSR count). The Balaban J connectivity index is 2.79. The number of aliphatic imine (C=N–C) groups is 1. The van der Waals surface area contributed by atoms with Crippen LogP contribution in [-0.2, 0) is 0 Å². The average molecular weight is 167 g/mol. The van der Waals surface area contributed by atoms with E-state index in [0.717, 1.165) is 6.42 Å². The number of hydrogen-bond donors (Lipinski definition) is 0. The molecular weight excluding hydrogens is 154 g/mol. The second kappa shape index (κ2) is 3.77. The van der Waals surface area contributed by atoms with Crippen LogP contribution in [0, 0.1) is 5.41 Å². The lowest BCUT2D eigenvalue weighted by Gasteiger charge is -2.18. The topological polar surface area (TPSA) is 12.4 Å². The molecule has 0 fully saturated rings. The molecule has 60 valence electrons. The number of thioether (sulfide) groups is 1. The molecule has 0 spiro atoms. The van der Waals surface area contributed by atoms with Crippen molar-refractivity contribution in [1.82, 2.24) is 0 Å². The zero-order valence-corrected chi connectivity index (χ0v) is 7.77. The van der Waals surface area contributed by atoms with Crippen molar-refractivity contribution in [3.8, 4) is 0 Å². The van der Waals surface area contributed by atoms with E-state index >= 15 is 0 Å². The summed E-state index contributed by atoms with van der Waals surface area (Å²) in [4.78, 5) is 4.08. The molecule has 1 atom stereocenters. The molecule has 0 saturated heterocycles. The van der Waals surface area contributed by atoms with Gasteiger partial charge in [-0.05, 0) is 11.8 Å². The van der Waals surface area contributed by atoms with Gasteiger partial charge in [-0.25, -0.2) is 0 Å². The fraction of sp³-hybridized carbons (Fsp3) is 0.444. The van der Waals surface area contributed by atoms with Gasteiger partial charge in [-0.15, -0.1) is 0 Å². The van der Waals surface area contributed by atoms with Crippen molar-refractivity contribution in [2.24, 2.45) is 10.4 Å². The quantitative estimate of drug-likeness (QED) is 0.584. The predicted molar refractivity (Wildman–Crippen MR) is 52.8 cm³/mol. The largest absolute Gasteiger partial charge is 0.258 e. The molecule has 11 heavy (non-hydrogen) atoms. The van der Waals surface area contributed by atoms with Gasteiger partial charge < -0.3 is 0 Å². The molecule has 0 amide bonds. The smallest absolute Gasteiger partial charge is 0.0638 e. The molecule has 0 aromatic carbocycles. The lowest BCUT2D eigenvalue weighted by molar-refractivity contribution is 0.530. The summed E-state index contributed by atoms with van der Waals surface area (Å²) in [5.41, 5.74) is 2.03. The van der Waals surface area contributed by atoms with E-state index in [2.05, 4.69) is 36.4 Å². The first kappa shape index (κ1) is 8.60. The maximum Gasteiger partial charge on any atom is 0.0638 e. The fourth-order valence-electron chi connectivity index (χ4n) is 0.805. The highest BCUT2D eigenvalue weighted by Gasteiger charge is 2.13. The normalized spacial score (nSPS) is 35.8. The van der Waals surface area contributed by atoms with Crippen LogP contribution in [0.3, 0.4) is 0 Å². The highest BCUT2D eigenvalue weighted by molar-refractivity contribution is 8.14. The first-order valence-corrected chi connectivity index (χ1v) is 4.74. The van der Waals surface area contributed by atoms with Crippen molar-refractivity contribution in [3.63, 3.8) is 0 Å². The second-order valence-corrected chi connectivity index (χ2v) is 3.62. The first-order valence-electron chi connectivity index (χ1n) is 3.79. The molecular formula is C9H13NS. The van der Waals surface area contributed by atoms with E-state index in [9.17, 15) is 0 Å². The van der Waals surface area contributed by atoms with Crippen molar-refractivity contribution in [3.05, 3.63) is 23.8 Å². The molecule has 1 aliphatic heterocycles. The Morgan fingerprint density at radius 2 is 2.27 bits per heavy atom. The van der Waals surface area contributed by atoms with Gasteiger partial charge in [0.15, 0.2) is 0 Å². The van der Waals surface area contributed by atoms with Crippen LogP contribution in [0.4, 0.5) is 0 Å². The zero-order chi connectivity index (χ0) is 8.16. The summed E-state index contributed by atoms with van der Waals surface area (Å²) in [6.07, 6.45) is 7.36. The van der Waals surface area contributed by atoms with Crippen LogP contribution < -0.4 is 0 Å². The van der Waals surface area contributed by atoms with Crippen LogP contribution in [0.5, 0.6) is 0 Å². The summed E-state index contributed by atoms with van der Waals surface area (Å²) in [6, 6.07) is 0. The van der Waals surface area contributed by atoms with Gasteiger partial charge >= 0.3 is 0 Å². The summed E-state index contributed by atoms with van der Waals surface area (Å²) >= 11 is 1.62. The van der Waals surface area contributed by atoms with Crippen molar-refractivity contribution in [2.45, 2.75) is 20.3 Å². The Bertz CT molecular complexity index is 206. The predicted octanol–water partition coefficient (Wildman–Crippen LogP) is 3.21. The maximum atomic E-state index is 4.08. The molecule has 0 aromatic heterocycles. The van der Waals surface area contributed by atoms with E-state index in [1.165, 1.54) is 0 Å². The van der Waals surface area contributed by atoms with E-state index < -0.39 is 0 Å². The highest BCUT2D eigenvalue weighted by Crippen LogP contribution is 2.26. The monoisotopic (exact) mass is 167 g/mol.